The van der Waals surface area contributed by atoms with Gasteiger partial charge in [-0.3, -0.25) is 9.59 Å². The number of aryl methyl sites for hydroxylation is 2. The van der Waals surface area contributed by atoms with Crippen LogP contribution in [0.3, 0.4) is 0 Å². The van der Waals surface area contributed by atoms with Gasteiger partial charge in [0.25, 0.3) is 0 Å². The van der Waals surface area contributed by atoms with Crippen molar-refractivity contribution in [2.24, 2.45) is 0 Å². The normalized spacial score (nSPS) is 11.8. The van der Waals surface area contributed by atoms with Crippen molar-refractivity contribution in [2.45, 2.75) is 160 Å². The molecule has 12 nitrogen and oxygen atoms in total. The van der Waals surface area contributed by atoms with E-state index < -0.39 is 6.09 Å². The Bertz CT molecular complexity index is 2340. The zero-order chi connectivity index (χ0) is 50.0. The molecule has 2 aliphatic rings. The smallest absolute Gasteiger partial charge is 0.407 e. The molecule has 4 N–H and O–H groups in total. The molecule has 2 aliphatic carbocycles. The van der Waals surface area contributed by atoms with E-state index in [9.17, 15) is 14.4 Å². The molecule has 7 rings (SSSR count). The van der Waals surface area contributed by atoms with Gasteiger partial charge in [-0.05, 0) is 96.5 Å². The highest BCUT2D eigenvalue weighted by Crippen LogP contribution is 2.36. The number of hydrogen-bond acceptors (Lipinski definition) is 7. The third-order valence-electron chi connectivity index (χ3n) is 11.2. The number of fused-ring (bicyclic) bond motifs is 4. The van der Waals surface area contributed by atoms with Gasteiger partial charge in [0.15, 0.2) is 0 Å². The van der Waals surface area contributed by atoms with Crippen LogP contribution in [0, 0.1) is 0 Å². The number of aromatic nitrogens is 4. The van der Waals surface area contributed by atoms with Crippen LogP contribution < -0.4 is 10.6 Å². The van der Waals surface area contributed by atoms with Gasteiger partial charge in [-0.2, -0.15) is 0 Å². The summed E-state index contributed by atoms with van der Waals surface area (Å²) in [5.41, 5.74) is 11.5. The Morgan fingerprint density at radius 1 is 0.676 bits per heavy atom. The number of ether oxygens (including phenoxy) is 1. The van der Waals surface area contributed by atoms with Crippen LogP contribution in [0.1, 0.15) is 157 Å². The topological polar surface area (TPSA) is 148 Å². The molecule has 68 heavy (non-hydrogen) atoms. The number of imidazole rings is 2. The second-order valence-electron chi connectivity index (χ2n) is 16.8. The number of allylic oxidation sites excluding steroid dienone is 1. The largest absolute Gasteiger partial charge is 0.453 e. The maximum absolute atomic E-state index is 12.9. The Kier molecular flexibility index (Phi) is 25.3. The van der Waals surface area contributed by atoms with Gasteiger partial charge < -0.3 is 35.1 Å². The van der Waals surface area contributed by atoms with Crippen LogP contribution in [0.4, 0.5) is 4.79 Å². The molecule has 3 aromatic carbocycles. The fourth-order valence-electron chi connectivity index (χ4n) is 8.03. The molecule has 2 heterocycles. The Hall–Kier alpha value is -5.91. The van der Waals surface area contributed by atoms with E-state index in [0.29, 0.717) is 32.6 Å². The number of hydrogen-bond donors (Lipinski definition) is 4. The molecular formula is C56H84N8O4. The van der Waals surface area contributed by atoms with E-state index in [4.69, 9.17) is 9.97 Å². The number of alkyl carbamates (subject to hydrolysis) is 1. The highest BCUT2D eigenvalue weighted by atomic mass is 16.5. The number of carbonyl (C=O) groups is 3. The van der Waals surface area contributed by atoms with E-state index in [0.717, 1.165) is 108 Å². The Morgan fingerprint density at radius 2 is 1.28 bits per heavy atom. The van der Waals surface area contributed by atoms with E-state index in [1.165, 1.54) is 48.6 Å². The Morgan fingerprint density at radius 3 is 1.90 bits per heavy atom. The summed E-state index contributed by atoms with van der Waals surface area (Å²) in [6, 6.07) is 19.8. The number of nitrogens with zero attached hydrogens (tertiary/aromatic N) is 4. The third-order valence-corrected chi connectivity index (χ3v) is 11.2. The molecule has 5 aromatic rings. The minimum absolute atomic E-state index is 0.113. The lowest BCUT2D eigenvalue weighted by atomic mass is 9.89. The molecule has 0 spiro atoms. The molecule has 12 heteroatoms. The standard InChI is InChI=1S/C46H56N8O4.2C3H8.2C2H6/c1-5-9-43(55)48-26-40(30-10-8-11-30)53(20-6-2)28-41-47-25-39(51-41)36-15-14-32-22-31(12-13-33(32)24-36)34-16-18-37-35(23-34)17-19-38-45(37)52-42(50-38)29-54(21-7-3)44(56)27-49-46(57)58-4;2*1-3-2;2*1-2/h12-16,18,22-25H,5-11,17,19-21,26-29H2,1-4H3,(H,47,51)(H,48,55)(H,49,57)(H,50,52);2*3H2,1-2H3;2*1-2H3. The van der Waals surface area contributed by atoms with E-state index >= 15 is 0 Å². The maximum Gasteiger partial charge on any atom is 0.407 e. The molecule has 0 saturated heterocycles. The molecule has 0 radical (unpaired) electrons. The minimum Gasteiger partial charge on any atom is -0.453 e. The monoisotopic (exact) mass is 933 g/mol. The van der Waals surface area contributed by atoms with E-state index in [1.807, 2.05) is 47.7 Å². The molecule has 3 amide bonds. The predicted octanol–water partition coefficient (Wildman–Crippen LogP) is 12.9. The summed E-state index contributed by atoms with van der Waals surface area (Å²) in [7, 11) is 1.28. The second kappa shape index (κ2) is 30.5. The van der Waals surface area contributed by atoms with E-state index in [2.05, 4.69) is 119 Å². The number of methoxy groups -OCH3 is 1. The SMILES string of the molecule is CC.CC.CCC.CCC.CCCC(=O)NCC(=C1CCC1)N(CCC)Cc1ncc(-c2ccc3cc(-c4ccc5c(c4)CCc4[nH]c(CN(CCC)C(=O)CNC(=O)OC)nc4-5)ccc3c2)[nH]1. The number of amides is 3. The lowest BCUT2D eigenvalue weighted by molar-refractivity contribution is -0.131. The van der Waals surface area contributed by atoms with Gasteiger partial charge in [0.1, 0.15) is 18.2 Å². The average molecular weight is 933 g/mol. The Balaban J connectivity index is 0.00000114. The van der Waals surface area contributed by atoms with Crippen molar-refractivity contribution in [2.75, 3.05) is 33.3 Å². The van der Waals surface area contributed by atoms with Crippen LogP contribution in [-0.2, 0) is 40.3 Å². The van der Waals surface area contributed by atoms with Crippen LogP contribution in [0.5, 0.6) is 0 Å². The first-order valence-electron chi connectivity index (χ1n) is 25.7. The van der Waals surface area contributed by atoms with Gasteiger partial charge in [0.2, 0.25) is 11.8 Å². The molecule has 372 valence electrons. The first-order valence-corrected chi connectivity index (χ1v) is 25.7. The summed E-state index contributed by atoms with van der Waals surface area (Å²) in [5, 5.41) is 7.97. The zero-order valence-electron chi connectivity index (χ0n) is 43.7. The fourth-order valence-corrected chi connectivity index (χ4v) is 8.03. The molecule has 2 aromatic heterocycles. The molecule has 0 bridgehead atoms. The van der Waals surface area contributed by atoms with Gasteiger partial charge >= 0.3 is 6.09 Å². The van der Waals surface area contributed by atoms with Gasteiger partial charge in [-0.1, -0.05) is 131 Å². The number of benzene rings is 3. The molecular weight excluding hydrogens is 849 g/mol. The molecule has 0 atom stereocenters. The Labute approximate surface area is 408 Å². The summed E-state index contributed by atoms with van der Waals surface area (Å²) in [5.74, 6) is 1.58. The van der Waals surface area contributed by atoms with Crippen molar-refractivity contribution in [1.82, 2.24) is 40.4 Å². The highest BCUT2D eigenvalue weighted by molar-refractivity contribution is 5.91. The van der Waals surface area contributed by atoms with Gasteiger partial charge in [0.05, 0.1) is 44.3 Å². The van der Waals surface area contributed by atoms with Gasteiger partial charge in [-0.25, -0.2) is 14.8 Å². The van der Waals surface area contributed by atoms with Crippen molar-refractivity contribution in [3.8, 4) is 33.6 Å². The van der Waals surface area contributed by atoms with Gasteiger partial charge in [-0.15, -0.1) is 0 Å². The highest BCUT2D eigenvalue weighted by Gasteiger charge is 2.24. The first kappa shape index (κ1) is 56.4. The summed E-state index contributed by atoms with van der Waals surface area (Å²) < 4.78 is 4.61. The number of carbonyl (C=O) groups excluding carboxylic acids is 3. The predicted molar refractivity (Wildman–Crippen MR) is 282 cm³/mol. The van der Waals surface area contributed by atoms with Crippen LogP contribution in [0.15, 0.2) is 72.1 Å². The maximum atomic E-state index is 12.9. The quantitative estimate of drug-likeness (QED) is 0.0725. The van der Waals surface area contributed by atoms with Crippen molar-refractivity contribution >= 4 is 28.7 Å². The lowest BCUT2D eigenvalue weighted by Gasteiger charge is -2.32. The molecule has 0 aliphatic heterocycles. The first-order chi connectivity index (χ1) is 33.1. The second-order valence-corrected chi connectivity index (χ2v) is 16.8. The zero-order valence-corrected chi connectivity index (χ0v) is 43.7. The molecule has 1 saturated carbocycles. The van der Waals surface area contributed by atoms with Crippen molar-refractivity contribution in [3.63, 3.8) is 0 Å². The van der Waals surface area contributed by atoms with Crippen LogP contribution in [0.2, 0.25) is 0 Å². The van der Waals surface area contributed by atoms with Crippen molar-refractivity contribution in [3.05, 3.63) is 95.0 Å². The number of rotatable bonds is 17. The molecule has 0 unspecified atom stereocenters. The summed E-state index contributed by atoms with van der Waals surface area (Å²) in [4.78, 5) is 57.7. The van der Waals surface area contributed by atoms with Crippen LogP contribution in [-0.4, -0.2) is 80.9 Å². The lowest BCUT2D eigenvalue weighted by Crippen LogP contribution is -2.40. The van der Waals surface area contributed by atoms with Crippen LogP contribution >= 0.6 is 0 Å². The summed E-state index contributed by atoms with van der Waals surface area (Å²) in [6.07, 6.45) is 12.2. The van der Waals surface area contributed by atoms with E-state index in [1.54, 1.807) is 4.90 Å². The molecule has 1 fully saturated rings. The van der Waals surface area contributed by atoms with Crippen LogP contribution in [0.25, 0.3) is 44.4 Å². The number of aromatic amines is 2. The average Bonchev–Trinajstić information content (AvgIpc) is 3.99. The third kappa shape index (κ3) is 16.1. The fraction of sp³-hybridized carbons (Fsp3) is 0.518. The summed E-state index contributed by atoms with van der Waals surface area (Å²) in [6.45, 7) is 25.7. The van der Waals surface area contributed by atoms with Crippen molar-refractivity contribution < 1.29 is 19.1 Å². The van der Waals surface area contributed by atoms with Gasteiger partial charge in [0, 0.05) is 42.0 Å². The number of H-pyrrole nitrogens is 2. The number of nitrogens with one attached hydrogen (secondary N) is 4. The van der Waals surface area contributed by atoms with E-state index in [-0.39, 0.29) is 18.4 Å². The van der Waals surface area contributed by atoms with Crippen molar-refractivity contribution in [1.29, 1.82) is 0 Å². The summed E-state index contributed by atoms with van der Waals surface area (Å²) >= 11 is 0. The minimum atomic E-state index is -0.629.